The van der Waals surface area contributed by atoms with E-state index in [9.17, 15) is 22.8 Å². The fourth-order valence-electron chi connectivity index (χ4n) is 4.67. The zero-order valence-corrected chi connectivity index (χ0v) is 17.4. The Hall–Kier alpha value is -2.89. The first-order chi connectivity index (χ1) is 15.2. The number of anilines is 2. The molecule has 32 heavy (non-hydrogen) atoms. The van der Waals surface area contributed by atoms with Crippen LogP contribution in [0.15, 0.2) is 23.1 Å². The summed E-state index contributed by atoms with van der Waals surface area (Å²) in [6.45, 7) is 0.439. The van der Waals surface area contributed by atoms with Gasteiger partial charge < -0.3 is 15.0 Å². The van der Waals surface area contributed by atoms with Crippen LogP contribution in [-0.4, -0.2) is 63.1 Å². The number of ketones is 1. The van der Waals surface area contributed by atoms with Crippen LogP contribution in [-0.2, 0) is 18.3 Å². The maximum absolute atomic E-state index is 13.8. The minimum absolute atomic E-state index is 0.00559. The number of hydrogen-bond donors (Lipinski definition) is 1. The maximum Gasteiger partial charge on any atom is 0.408 e. The second kappa shape index (κ2) is 7.61. The van der Waals surface area contributed by atoms with Crippen LogP contribution in [0.3, 0.4) is 0 Å². The molecular weight excluding hydrogens is 429 g/mol. The van der Waals surface area contributed by atoms with E-state index < -0.39 is 30.1 Å². The number of aryl methyl sites for hydroxylation is 1. The Labute approximate surface area is 181 Å². The number of hydrogen-bond acceptors (Lipinski definition) is 7. The molecule has 5 rings (SSSR count). The lowest BCUT2D eigenvalue weighted by molar-refractivity contribution is -0.152. The van der Waals surface area contributed by atoms with E-state index in [1.165, 1.54) is 27.6 Å². The van der Waals surface area contributed by atoms with Crippen molar-refractivity contribution in [3.63, 3.8) is 0 Å². The number of aromatic nitrogens is 4. The fraction of sp³-hybridized carbons (Fsp3) is 0.600. The summed E-state index contributed by atoms with van der Waals surface area (Å²) in [6.07, 6.45) is -2.41. The quantitative estimate of drug-likeness (QED) is 0.663. The molecule has 4 atom stereocenters. The van der Waals surface area contributed by atoms with Crippen molar-refractivity contribution in [3.8, 4) is 0 Å². The van der Waals surface area contributed by atoms with Crippen molar-refractivity contribution >= 4 is 17.5 Å². The third kappa shape index (κ3) is 3.76. The van der Waals surface area contributed by atoms with Gasteiger partial charge in [0.15, 0.2) is 5.78 Å². The van der Waals surface area contributed by atoms with Gasteiger partial charge in [-0.3, -0.25) is 18.8 Å². The average molecular weight is 452 g/mol. The molecule has 2 unspecified atom stereocenters. The third-order valence-corrected chi connectivity index (χ3v) is 6.51. The van der Waals surface area contributed by atoms with Crippen LogP contribution in [0.1, 0.15) is 23.3 Å². The van der Waals surface area contributed by atoms with Crippen molar-refractivity contribution in [2.45, 2.75) is 37.7 Å². The predicted octanol–water partition coefficient (Wildman–Crippen LogP) is 1.45. The van der Waals surface area contributed by atoms with Crippen molar-refractivity contribution in [1.29, 1.82) is 0 Å². The van der Waals surface area contributed by atoms with E-state index in [0.717, 1.165) is 11.3 Å². The Balaban J connectivity index is 1.44. The van der Waals surface area contributed by atoms with Gasteiger partial charge in [-0.05, 0) is 30.7 Å². The zero-order chi connectivity index (χ0) is 22.6. The van der Waals surface area contributed by atoms with Crippen LogP contribution < -0.4 is 15.8 Å². The highest BCUT2D eigenvalue weighted by atomic mass is 19.4. The van der Waals surface area contributed by atoms with Gasteiger partial charge in [0.05, 0.1) is 19.3 Å². The standard InChI is InChI=1S/C20H23F3N6O3/c1-27-13(2-4-25-27)14(30)9-29-16(20(21,22)23)3-5-28-18(31)7-17(26-19(28)29)24-8-15-12-6-11(12)10-32-15/h2,4,7,11-12,15-16,24H,3,5-6,8-10H2,1H3/t11?,12?,15-,16+/m1/s1. The number of fused-ring (bicyclic) bond motifs is 2. The lowest BCUT2D eigenvalue weighted by Crippen LogP contribution is -2.54. The fourth-order valence-corrected chi connectivity index (χ4v) is 4.67. The number of halogens is 3. The predicted molar refractivity (Wildman–Crippen MR) is 108 cm³/mol. The molecule has 0 amide bonds. The van der Waals surface area contributed by atoms with Crippen LogP contribution in [0.25, 0.3) is 0 Å². The first-order valence-corrected chi connectivity index (χ1v) is 10.5. The molecule has 2 aromatic heterocycles. The summed E-state index contributed by atoms with van der Waals surface area (Å²) in [6, 6.07) is 0.796. The number of ether oxygens (including phenoxy) is 1. The van der Waals surface area contributed by atoms with Crippen molar-refractivity contribution in [1.82, 2.24) is 19.3 Å². The Kier molecular flexibility index (Phi) is 4.99. The molecule has 1 N–H and O–H groups in total. The van der Waals surface area contributed by atoms with Gasteiger partial charge in [0.2, 0.25) is 5.95 Å². The normalized spacial score (nSPS) is 26.6. The van der Waals surface area contributed by atoms with Gasteiger partial charge in [0, 0.05) is 32.4 Å². The summed E-state index contributed by atoms with van der Waals surface area (Å²) in [5, 5.41) is 6.95. The highest BCUT2D eigenvalue weighted by molar-refractivity contribution is 5.97. The van der Waals surface area contributed by atoms with Crippen LogP contribution >= 0.6 is 0 Å². The number of alkyl halides is 3. The second-order valence-corrected chi connectivity index (χ2v) is 8.58. The summed E-state index contributed by atoms with van der Waals surface area (Å²) in [5.41, 5.74) is -0.287. The molecule has 0 spiro atoms. The van der Waals surface area contributed by atoms with Gasteiger partial charge in [-0.2, -0.15) is 23.3 Å². The lowest BCUT2D eigenvalue weighted by Gasteiger charge is -2.38. The SMILES string of the molecule is Cn1nccc1C(=O)CN1c2nc(NC[C@H]3OCC4CC43)cc(=O)n2CC[C@H]1C(F)(F)F. The molecule has 3 aliphatic rings. The van der Waals surface area contributed by atoms with Gasteiger partial charge in [-0.25, -0.2) is 0 Å². The van der Waals surface area contributed by atoms with E-state index in [0.29, 0.717) is 25.0 Å². The van der Waals surface area contributed by atoms with E-state index in [1.54, 1.807) is 7.05 Å². The van der Waals surface area contributed by atoms with E-state index in [-0.39, 0.29) is 36.5 Å². The minimum Gasteiger partial charge on any atom is -0.376 e. The molecule has 0 aromatic carbocycles. The molecule has 4 heterocycles. The van der Waals surface area contributed by atoms with Crippen LogP contribution in [0.4, 0.5) is 24.9 Å². The van der Waals surface area contributed by atoms with Crippen molar-refractivity contribution in [2.75, 3.05) is 29.9 Å². The van der Waals surface area contributed by atoms with E-state index in [1.807, 2.05) is 0 Å². The number of carbonyl (C=O) groups is 1. The molecule has 9 nitrogen and oxygen atoms in total. The van der Waals surface area contributed by atoms with Crippen LogP contribution in [0, 0.1) is 11.8 Å². The highest BCUT2D eigenvalue weighted by Gasteiger charge is 2.49. The first kappa shape index (κ1) is 21.0. The Morgan fingerprint density at radius 3 is 2.81 bits per heavy atom. The molecule has 0 radical (unpaired) electrons. The maximum atomic E-state index is 13.8. The van der Waals surface area contributed by atoms with E-state index in [4.69, 9.17) is 4.74 Å². The largest absolute Gasteiger partial charge is 0.408 e. The smallest absolute Gasteiger partial charge is 0.376 e. The summed E-state index contributed by atoms with van der Waals surface area (Å²) < 4.78 is 49.7. The molecule has 12 heteroatoms. The number of rotatable bonds is 6. The van der Waals surface area contributed by atoms with Gasteiger partial charge >= 0.3 is 6.18 Å². The van der Waals surface area contributed by atoms with Crippen molar-refractivity contribution < 1.29 is 22.7 Å². The molecule has 0 bridgehead atoms. The van der Waals surface area contributed by atoms with Crippen molar-refractivity contribution in [3.05, 3.63) is 34.4 Å². The van der Waals surface area contributed by atoms with Gasteiger partial charge in [-0.1, -0.05) is 0 Å². The number of nitrogens with zero attached hydrogens (tertiary/aromatic N) is 5. The summed E-state index contributed by atoms with van der Waals surface area (Å²) in [7, 11) is 1.54. The van der Waals surface area contributed by atoms with Gasteiger partial charge in [0.1, 0.15) is 17.6 Å². The molecule has 2 fully saturated rings. The molecule has 2 aliphatic heterocycles. The summed E-state index contributed by atoms with van der Waals surface area (Å²) in [4.78, 5) is 30.6. The minimum atomic E-state index is -4.59. The van der Waals surface area contributed by atoms with E-state index in [2.05, 4.69) is 15.4 Å². The van der Waals surface area contributed by atoms with Gasteiger partial charge in [0.25, 0.3) is 5.56 Å². The van der Waals surface area contributed by atoms with Crippen molar-refractivity contribution in [2.24, 2.45) is 18.9 Å². The molecular formula is C20H23F3N6O3. The van der Waals surface area contributed by atoms with Crippen LogP contribution in [0.5, 0.6) is 0 Å². The molecule has 172 valence electrons. The average Bonchev–Trinajstić information content (AvgIpc) is 3.19. The number of carbonyl (C=O) groups excluding carboxylic acids is 1. The zero-order valence-electron chi connectivity index (χ0n) is 17.4. The Morgan fingerprint density at radius 2 is 2.19 bits per heavy atom. The Morgan fingerprint density at radius 1 is 1.38 bits per heavy atom. The number of Topliss-reactive ketones (excluding diaryl/α,β-unsaturated/α-hetero) is 1. The lowest BCUT2D eigenvalue weighted by atomic mass is 10.1. The summed E-state index contributed by atoms with van der Waals surface area (Å²) in [5.74, 6) is 0.545. The monoisotopic (exact) mass is 452 g/mol. The molecule has 1 saturated carbocycles. The molecule has 2 aromatic rings. The second-order valence-electron chi connectivity index (χ2n) is 8.58. The van der Waals surface area contributed by atoms with Gasteiger partial charge in [-0.15, -0.1) is 0 Å². The topological polar surface area (TPSA) is 94.3 Å². The first-order valence-electron chi connectivity index (χ1n) is 10.5. The molecule has 1 saturated heterocycles. The van der Waals surface area contributed by atoms with E-state index >= 15 is 0 Å². The van der Waals surface area contributed by atoms with Crippen LogP contribution in [0.2, 0.25) is 0 Å². The highest BCUT2D eigenvalue weighted by Crippen LogP contribution is 2.47. The Bertz CT molecular complexity index is 1100. The third-order valence-electron chi connectivity index (χ3n) is 6.51. The summed E-state index contributed by atoms with van der Waals surface area (Å²) >= 11 is 0. The number of nitrogens with one attached hydrogen (secondary N) is 1. The molecule has 1 aliphatic carbocycles.